The number of alkyl halides is 3. The summed E-state index contributed by atoms with van der Waals surface area (Å²) >= 11 is 6.32. The second-order valence-electron chi connectivity index (χ2n) is 7.64. The summed E-state index contributed by atoms with van der Waals surface area (Å²) in [5, 5.41) is -0.243. The topological polar surface area (TPSA) is 71.1 Å². The maximum absolute atomic E-state index is 13.7. The molecule has 0 radical (unpaired) electrons. The number of halogens is 4. The lowest BCUT2D eigenvalue weighted by atomic mass is 10.1. The van der Waals surface area contributed by atoms with E-state index in [1.54, 1.807) is 4.90 Å². The predicted octanol–water partition coefficient (Wildman–Crippen LogP) is 3.71. The summed E-state index contributed by atoms with van der Waals surface area (Å²) in [6.45, 7) is 0.516. The molecule has 2 amide bonds. The molecule has 1 aliphatic heterocycles. The number of amides is 2. The maximum Gasteiger partial charge on any atom is 0.420 e. The molecule has 0 spiro atoms. The number of rotatable bonds is 3. The van der Waals surface area contributed by atoms with Gasteiger partial charge in [0.2, 0.25) is 5.91 Å². The third-order valence-electron chi connectivity index (χ3n) is 5.56. The van der Waals surface area contributed by atoms with Crippen LogP contribution in [-0.4, -0.2) is 56.7 Å². The first-order valence-corrected chi connectivity index (χ1v) is 10.0. The molecular formula is C20H16ClF3N4O3. The van der Waals surface area contributed by atoms with Crippen LogP contribution < -0.4 is 0 Å². The van der Waals surface area contributed by atoms with Gasteiger partial charge in [0.05, 0.1) is 18.1 Å². The molecule has 162 valence electrons. The number of pyridine rings is 1. The first-order chi connectivity index (χ1) is 14.7. The summed E-state index contributed by atoms with van der Waals surface area (Å²) < 4.78 is 47.2. The lowest BCUT2D eigenvalue weighted by Crippen LogP contribution is -2.53. The maximum atomic E-state index is 13.7. The highest BCUT2D eigenvalue weighted by Crippen LogP contribution is 2.37. The van der Waals surface area contributed by atoms with Crippen LogP contribution in [0.15, 0.2) is 35.3 Å². The summed E-state index contributed by atoms with van der Waals surface area (Å²) in [6, 6.07) is 2.69. The molecule has 5 rings (SSSR count). The summed E-state index contributed by atoms with van der Waals surface area (Å²) in [6.07, 6.45) is 1.21. The molecule has 0 bridgehead atoms. The van der Waals surface area contributed by atoms with Gasteiger partial charge in [0.25, 0.3) is 5.91 Å². The summed E-state index contributed by atoms with van der Waals surface area (Å²) in [7, 11) is 0. The van der Waals surface area contributed by atoms with Gasteiger partial charge in [-0.2, -0.15) is 13.2 Å². The molecule has 31 heavy (non-hydrogen) atoms. The SMILES string of the molecule is O=C(c1nc2c(C(F)(F)F)cc(-c3ccoc3)cn2c1Cl)N1CCN(C2CC2)C(=O)C1. The standard InChI is InChI=1S/C20H16ClF3N4O3/c21-17-16(19(30)26-4-5-27(13-1-2-13)15(29)9-26)25-18-14(20(22,23)24)7-12(8-28(17)18)11-3-6-31-10-11/h3,6-8,10,13H,1-2,4-5,9H2. The van der Waals surface area contributed by atoms with E-state index in [0.717, 1.165) is 23.3 Å². The van der Waals surface area contributed by atoms with Gasteiger partial charge < -0.3 is 14.2 Å². The predicted molar refractivity (Wildman–Crippen MR) is 104 cm³/mol. The second-order valence-corrected chi connectivity index (χ2v) is 8.00. The van der Waals surface area contributed by atoms with Crippen molar-refractivity contribution in [3.8, 4) is 11.1 Å². The number of aromatic nitrogens is 2. The number of hydrogen-bond acceptors (Lipinski definition) is 4. The van der Waals surface area contributed by atoms with Gasteiger partial charge in [0.1, 0.15) is 11.7 Å². The van der Waals surface area contributed by atoms with E-state index in [1.807, 2.05) is 0 Å². The van der Waals surface area contributed by atoms with Crippen LogP contribution >= 0.6 is 11.6 Å². The summed E-state index contributed by atoms with van der Waals surface area (Å²) in [4.78, 5) is 32.3. The Morgan fingerprint density at radius 1 is 1.23 bits per heavy atom. The van der Waals surface area contributed by atoms with E-state index >= 15 is 0 Å². The van der Waals surface area contributed by atoms with Crippen LogP contribution in [0, 0.1) is 0 Å². The van der Waals surface area contributed by atoms with Gasteiger partial charge in [-0.1, -0.05) is 11.6 Å². The molecule has 4 heterocycles. The van der Waals surface area contributed by atoms with Crippen molar-refractivity contribution in [1.29, 1.82) is 0 Å². The van der Waals surface area contributed by atoms with Crippen LogP contribution in [0.5, 0.6) is 0 Å². The van der Waals surface area contributed by atoms with E-state index in [1.165, 1.54) is 29.7 Å². The van der Waals surface area contributed by atoms with Crippen molar-refractivity contribution >= 4 is 29.1 Å². The Kier molecular flexibility index (Phi) is 4.51. The monoisotopic (exact) mass is 452 g/mol. The zero-order valence-electron chi connectivity index (χ0n) is 16.0. The van der Waals surface area contributed by atoms with Crippen LogP contribution in [0.3, 0.4) is 0 Å². The van der Waals surface area contributed by atoms with Crippen molar-refractivity contribution in [2.24, 2.45) is 0 Å². The lowest BCUT2D eigenvalue weighted by Gasteiger charge is -2.34. The minimum atomic E-state index is -4.72. The molecule has 0 aromatic carbocycles. The van der Waals surface area contributed by atoms with Gasteiger partial charge in [-0.15, -0.1) is 0 Å². The van der Waals surface area contributed by atoms with Gasteiger partial charge in [-0.3, -0.25) is 14.0 Å². The number of hydrogen-bond donors (Lipinski definition) is 0. The normalized spacial score (nSPS) is 17.6. The molecule has 11 heteroatoms. The van der Waals surface area contributed by atoms with Gasteiger partial charge in [0, 0.05) is 36.5 Å². The van der Waals surface area contributed by atoms with Gasteiger partial charge >= 0.3 is 6.18 Å². The van der Waals surface area contributed by atoms with E-state index in [0.29, 0.717) is 12.1 Å². The minimum absolute atomic E-state index is 0.147. The third kappa shape index (κ3) is 3.44. The molecule has 1 saturated heterocycles. The van der Waals surface area contributed by atoms with E-state index in [-0.39, 0.29) is 41.4 Å². The van der Waals surface area contributed by atoms with Crippen LogP contribution in [0.1, 0.15) is 28.9 Å². The zero-order chi connectivity index (χ0) is 21.9. The highest BCUT2D eigenvalue weighted by Gasteiger charge is 2.39. The third-order valence-corrected chi connectivity index (χ3v) is 5.92. The number of imidazole rings is 1. The molecule has 3 aromatic heterocycles. The minimum Gasteiger partial charge on any atom is -0.472 e. The second kappa shape index (κ2) is 7.01. The van der Waals surface area contributed by atoms with E-state index < -0.39 is 23.3 Å². The molecule has 2 fully saturated rings. The molecular weight excluding hydrogens is 437 g/mol. The fourth-order valence-electron chi connectivity index (χ4n) is 3.83. The van der Waals surface area contributed by atoms with Crippen molar-refractivity contribution in [1.82, 2.24) is 19.2 Å². The Morgan fingerprint density at radius 2 is 2.00 bits per heavy atom. The fourth-order valence-corrected chi connectivity index (χ4v) is 4.08. The highest BCUT2D eigenvalue weighted by molar-refractivity contribution is 6.33. The van der Waals surface area contributed by atoms with Gasteiger partial charge in [-0.05, 0) is 25.0 Å². The summed E-state index contributed by atoms with van der Waals surface area (Å²) in [5.41, 5.74) is -1.19. The average Bonchev–Trinajstić information content (AvgIpc) is 3.30. The smallest absolute Gasteiger partial charge is 0.420 e. The van der Waals surface area contributed by atoms with E-state index in [4.69, 9.17) is 16.0 Å². The largest absolute Gasteiger partial charge is 0.472 e. The Morgan fingerprint density at radius 3 is 2.61 bits per heavy atom. The number of nitrogens with zero attached hydrogens (tertiary/aromatic N) is 4. The molecule has 0 atom stereocenters. The van der Waals surface area contributed by atoms with Crippen LogP contribution in [0.25, 0.3) is 16.8 Å². The van der Waals surface area contributed by atoms with Crippen LogP contribution in [0.4, 0.5) is 13.2 Å². The molecule has 0 unspecified atom stereocenters. The van der Waals surface area contributed by atoms with Crippen molar-refractivity contribution in [2.75, 3.05) is 19.6 Å². The lowest BCUT2D eigenvalue weighted by molar-refractivity contribution is -0.137. The molecule has 2 aliphatic rings. The molecule has 1 saturated carbocycles. The van der Waals surface area contributed by atoms with Crippen molar-refractivity contribution in [3.05, 3.63) is 47.3 Å². The number of carbonyl (C=O) groups excluding carboxylic acids is 2. The fraction of sp³-hybridized carbons (Fsp3) is 0.350. The Bertz CT molecular complexity index is 1180. The Hall–Kier alpha value is -3.01. The van der Waals surface area contributed by atoms with Crippen molar-refractivity contribution in [2.45, 2.75) is 25.1 Å². The van der Waals surface area contributed by atoms with Gasteiger partial charge in [0.15, 0.2) is 11.3 Å². The number of piperazine rings is 1. The molecule has 3 aromatic rings. The Balaban J connectivity index is 1.54. The summed E-state index contributed by atoms with van der Waals surface area (Å²) in [5.74, 6) is -0.851. The van der Waals surface area contributed by atoms with E-state index in [9.17, 15) is 22.8 Å². The first-order valence-electron chi connectivity index (χ1n) is 9.64. The highest BCUT2D eigenvalue weighted by atomic mass is 35.5. The van der Waals surface area contributed by atoms with Crippen molar-refractivity contribution in [3.63, 3.8) is 0 Å². The van der Waals surface area contributed by atoms with Crippen molar-refractivity contribution < 1.29 is 27.2 Å². The first kappa shape index (κ1) is 19.9. The van der Waals surface area contributed by atoms with Gasteiger partial charge in [-0.25, -0.2) is 4.98 Å². The number of furan rings is 1. The average molecular weight is 453 g/mol. The van der Waals surface area contributed by atoms with Crippen LogP contribution in [0.2, 0.25) is 5.15 Å². The molecule has 0 N–H and O–H groups in total. The zero-order valence-corrected chi connectivity index (χ0v) is 16.8. The number of carbonyl (C=O) groups is 2. The number of fused-ring (bicyclic) bond motifs is 1. The van der Waals surface area contributed by atoms with Crippen LogP contribution in [-0.2, 0) is 11.0 Å². The molecule has 1 aliphatic carbocycles. The quantitative estimate of drug-likeness (QED) is 0.607. The molecule has 7 nitrogen and oxygen atoms in total. The Labute approximate surface area is 179 Å². The van der Waals surface area contributed by atoms with E-state index in [2.05, 4.69) is 4.98 Å².